The first kappa shape index (κ1) is 10.8. The summed E-state index contributed by atoms with van der Waals surface area (Å²) in [5.41, 5.74) is 6.17. The monoisotopic (exact) mass is 222 g/mol. The number of rotatable bonds is 4. The van der Waals surface area contributed by atoms with Crippen LogP contribution in [-0.2, 0) is 11.3 Å². The Labute approximate surface area is 93.7 Å². The van der Waals surface area contributed by atoms with E-state index in [-0.39, 0.29) is 19.2 Å². The molecular weight excluding hydrogens is 208 g/mol. The lowest BCUT2D eigenvalue weighted by Crippen LogP contribution is -2.30. The van der Waals surface area contributed by atoms with E-state index in [0.29, 0.717) is 6.54 Å². The molecule has 1 aromatic rings. The van der Waals surface area contributed by atoms with Gasteiger partial charge in [0, 0.05) is 6.54 Å². The lowest BCUT2D eigenvalue weighted by atomic mass is 10.2. The second-order valence-corrected chi connectivity index (χ2v) is 3.83. The minimum Gasteiger partial charge on any atom is -0.454 e. The maximum Gasteiger partial charge on any atom is 0.231 e. The predicted octanol–water partition coefficient (Wildman–Crippen LogP) is 0.332. The first-order valence-electron chi connectivity index (χ1n) is 5.00. The van der Waals surface area contributed by atoms with Crippen molar-refractivity contribution in [2.24, 2.45) is 5.73 Å². The summed E-state index contributed by atoms with van der Waals surface area (Å²) in [6.45, 7) is 1.17. The van der Waals surface area contributed by atoms with Gasteiger partial charge in [0.2, 0.25) is 12.7 Å². The van der Waals surface area contributed by atoms with E-state index in [2.05, 4.69) is 0 Å². The molecule has 0 fully saturated rings. The highest BCUT2D eigenvalue weighted by molar-refractivity contribution is 5.75. The van der Waals surface area contributed by atoms with Gasteiger partial charge in [-0.3, -0.25) is 9.69 Å². The van der Waals surface area contributed by atoms with E-state index < -0.39 is 0 Å². The predicted molar refractivity (Wildman–Crippen MR) is 58.1 cm³/mol. The Hall–Kier alpha value is -1.75. The normalized spacial score (nSPS) is 13.1. The van der Waals surface area contributed by atoms with Gasteiger partial charge >= 0.3 is 0 Å². The molecule has 0 saturated heterocycles. The molecule has 1 aliphatic rings. The highest BCUT2D eigenvalue weighted by Gasteiger charge is 2.13. The molecule has 0 aromatic heterocycles. The third-order valence-corrected chi connectivity index (χ3v) is 2.32. The highest BCUT2D eigenvalue weighted by atomic mass is 16.7. The number of primary amides is 1. The Morgan fingerprint density at radius 1 is 1.44 bits per heavy atom. The first-order valence-corrected chi connectivity index (χ1v) is 5.00. The van der Waals surface area contributed by atoms with Gasteiger partial charge in [-0.1, -0.05) is 6.07 Å². The van der Waals surface area contributed by atoms with E-state index in [9.17, 15) is 4.79 Å². The maximum absolute atomic E-state index is 10.7. The number of carbonyl (C=O) groups is 1. The summed E-state index contributed by atoms with van der Waals surface area (Å²) in [6, 6.07) is 5.74. The minimum absolute atomic E-state index is 0.244. The van der Waals surface area contributed by atoms with E-state index in [0.717, 1.165) is 17.1 Å². The van der Waals surface area contributed by atoms with Crippen molar-refractivity contribution < 1.29 is 14.3 Å². The fourth-order valence-electron chi connectivity index (χ4n) is 1.67. The van der Waals surface area contributed by atoms with E-state index in [1.807, 2.05) is 30.1 Å². The van der Waals surface area contributed by atoms with Gasteiger partial charge in [0.15, 0.2) is 11.5 Å². The summed E-state index contributed by atoms with van der Waals surface area (Å²) >= 11 is 0. The summed E-state index contributed by atoms with van der Waals surface area (Å²) in [4.78, 5) is 12.6. The summed E-state index contributed by atoms with van der Waals surface area (Å²) in [7, 11) is 1.84. The number of nitrogens with two attached hydrogens (primary N) is 1. The molecule has 0 bridgehead atoms. The number of hydrogen-bond donors (Lipinski definition) is 1. The van der Waals surface area contributed by atoms with Crippen molar-refractivity contribution in [3.8, 4) is 11.5 Å². The van der Waals surface area contributed by atoms with Gasteiger partial charge in [0.05, 0.1) is 6.54 Å². The van der Waals surface area contributed by atoms with Gasteiger partial charge in [-0.05, 0) is 24.7 Å². The number of hydrogen-bond acceptors (Lipinski definition) is 4. The maximum atomic E-state index is 10.7. The molecule has 1 amide bonds. The molecule has 2 N–H and O–H groups in total. The molecule has 16 heavy (non-hydrogen) atoms. The van der Waals surface area contributed by atoms with E-state index in [1.165, 1.54) is 0 Å². The van der Waals surface area contributed by atoms with Gasteiger partial charge in [0.1, 0.15) is 0 Å². The molecule has 5 heteroatoms. The third-order valence-electron chi connectivity index (χ3n) is 2.32. The van der Waals surface area contributed by atoms with Crippen molar-refractivity contribution >= 4 is 5.91 Å². The van der Waals surface area contributed by atoms with Gasteiger partial charge in [0.25, 0.3) is 0 Å². The smallest absolute Gasteiger partial charge is 0.231 e. The number of carbonyl (C=O) groups excluding carboxylic acids is 1. The molecule has 0 saturated carbocycles. The average Bonchev–Trinajstić information content (AvgIpc) is 2.63. The van der Waals surface area contributed by atoms with Crippen LogP contribution >= 0.6 is 0 Å². The quantitative estimate of drug-likeness (QED) is 0.797. The van der Waals surface area contributed by atoms with Gasteiger partial charge in [-0.2, -0.15) is 0 Å². The van der Waals surface area contributed by atoms with Crippen LogP contribution in [0.5, 0.6) is 11.5 Å². The lowest BCUT2D eigenvalue weighted by molar-refractivity contribution is -0.118. The average molecular weight is 222 g/mol. The van der Waals surface area contributed by atoms with Gasteiger partial charge in [-0.15, -0.1) is 0 Å². The van der Waals surface area contributed by atoms with Crippen LogP contribution in [0.15, 0.2) is 18.2 Å². The number of ether oxygens (including phenoxy) is 2. The highest BCUT2D eigenvalue weighted by Crippen LogP contribution is 2.32. The zero-order chi connectivity index (χ0) is 11.5. The summed E-state index contributed by atoms with van der Waals surface area (Å²) < 4.78 is 10.5. The molecule has 0 aliphatic carbocycles. The molecule has 0 radical (unpaired) electrons. The van der Waals surface area contributed by atoms with Crippen LogP contribution in [-0.4, -0.2) is 31.2 Å². The van der Waals surface area contributed by atoms with Crippen LogP contribution in [0.3, 0.4) is 0 Å². The van der Waals surface area contributed by atoms with Crippen LogP contribution in [0, 0.1) is 0 Å². The zero-order valence-corrected chi connectivity index (χ0v) is 9.10. The number of fused-ring (bicyclic) bond motifs is 1. The van der Waals surface area contributed by atoms with Crippen LogP contribution in [0.25, 0.3) is 0 Å². The second-order valence-electron chi connectivity index (χ2n) is 3.83. The van der Waals surface area contributed by atoms with Crippen molar-refractivity contribution in [2.45, 2.75) is 6.54 Å². The molecular formula is C11H14N2O3. The van der Waals surface area contributed by atoms with E-state index in [4.69, 9.17) is 15.2 Å². The Morgan fingerprint density at radius 3 is 2.94 bits per heavy atom. The van der Waals surface area contributed by atoms with Crippen LogP contribution in [0.1, 0.15) is 5.56 Å². The molecule has 1 aliphatic heterocycles. The largest absolute Gasteiger partial charge is 0.454 e. The van der Waals surface area contributed by atoms with Gasteiger partial charge in [-0.25, -0.2) is 0 Å². The van der Waals surface area contributed by atoms with Crippen LogP contribution in [0.4, 0.5) is 0 Å². The Morgan fingerprint density at radius 2 is 2.19 bits per heavy atom. The number of nitrogens with zero attached hydrogens (tertiary/aromatic N) is 1. The van der Waals surface area contributed by atoms with Crippen molar-refractivity contribution in [1.82, 2.24) is 4.90 Å². The van der Waals surface area contributed by atoms with Crippen molar-refractivity contribution in [1.29, 1.82) is 0 Å². The molecule has 5 nitrogen and oxygen atoms in total. The molecule has 86 valence electrons. The van der Waals surface area contributed by atoms with Crippen LogP contribution in [0.2, 0.25) is 0 Å². The minimum atomic E-state index is -0.330. The summed E-state index contributed by atoms with van der Waals surface area (Å²) in [6.07, 6.45) is 0. The lowest BCUT2D eigenvalue weighted by Gasteiger charge is -2.14. The second kappa shape index (κ2) is 4.40. The number of benzene rings is 1. The molecule has 0 unspecified atom stereocenters. The third kappa shape index (κ3) is 2.43. The van der Waals surface area contributed by atoms with Crippen molar-refractivity contribution in [3.63, 3.8) is 0 Å². The summed E-state index contributed by atoms with van der Waals surface area (Å²) in [5.74, 6) is 1.19. The fraction of sp³-hybridized carbons (Fsp3) is 0.364. The number of amides is 1. The first-order chi connectivity index (χ1) is 7.65. The SMILES string of the molecule is CN(CC(N)=O)Cc1ccc2c(c1)OCO2. The molecule has 0 atom stereocenters. The zero-order valence-electron chi connectivity index (χ0n) is 9.10. The van der Waals surface area contributed by atoms with Crippen molar-refractivity contribution in [2.75, 3.05) is 20.4 Å². The Bertz CT molecular complexity index is 406. The molecule has 1 heterocycles. The van der Waals surface area contributed by atoms with Gasteiger partial charge < -0.3 is 15.2 Å². The van der Waals surface area contributed by atoms with E-state index >= 15 is 0 Å². The van der Waals surface area contributed by atoms with Crippen LogP contribution < -0.4 is 15.2 Å². The fourth-order valence-corrected chi connectivity index (χ4v) is 1.67. The molecule has 0 spiro atoms. The standard InChI is InChI=1S/C11H14N2O3/c1-13(6-11(12)14)5-8-2-3-9-10(4-8)16-7-15-9/h2-4H,5-7H2,1H3,(H2,12,14). The van der Waals surface area contributed by atoms with Crippen molar-refractivity contribution in [3.05, 3.63) is 23.8 Å². The molecule has 1 aromatic carbocycles. The molecule has 2 rings (SSSR count). The Balaban J connectivity index is 2.02. The summed E-state index contributed by atoms with van der Waals surface area (Å²) in [5, 5.41) is 0. The van der Waals surface area contributed by atoms with E-state index in [1.54, 1.807) is 0 Å². The number of likely N-dealkylation sites (N-methyl/N-ethyl adjacent to an activating group) is 1. The Kier molecular flexibility index (Phi) is 2.96. The topological polar surface area (TPSA) is 64.8 Å².